The van der Waals surface area contributed by atoms with E-state index in [9.17, 15) is 4.79 Å². The summed E-state index contributed by atoms with van der Waals surface area (Å²) in [7, 11) is 0. The highest BCUT2D eigenvalue weighted by atomic mass is 35.5. The summed E-state index contributed by atoms with van der Waals surface area (Å²) in [6, 6.07) is 15.4. The maximum atomic E-state index is 12.5. The highest BCUT2D eigenvalue weighted by Gasteiger charge is 2.24. The van der Waals surface area contributed by atoms with Gasteiger partial charge in [-0.15, -0.1) is 5.10 Å². The van der Waals surface area contributed by atoms with Gasteiger partial charge in [0.15, 0.2) is 5.82 Å². The molecule has 5 nitrogen and oxygen atoms in total. The van der Waals surface area contributed by atoms with Gasteiger partial charge in [0.25, 0.3) is 0 Å². The summed E-state index contributed by atoms with van der Waals surface area (Å²) < 4.78 is 0. The molecule has 2 heterocycles. The van der Waals surface area contributed by atoms with Gasteiger partial charge in [-0.1, -0.05) is 41.6 Å². The first-order valence-electron chi connectivity index (χ1n) is 7.90. The minimum atomic E-state index is 0.0767. The van der Waals surface area contributed by atoms with Crippen molar-refractivity contribution in [1.29, 1.82) is 0 Å². The number of aromatic amines is 1. The molecule has 0 saturated carbocycles. The molecule has 4 rings (SSSR count). The van der Waals surface area contributed by atoms with Gasteiger partial charge >= 0.3 is 0 Å². The lowest BCUT2D eigenvalue weighted by Crippen LogP contribution is -2.30. The third-order valence-electron chi connectivity index (χ3n) is 4.10. The molecule has 0 saturated heterocycles. The van der Waals surface area contributed by atoms with E-state index in [-0.39, 0.29) is 5.91 Å². The number of benzene rings is 2. The molecule has 0 atom stereocenters. The molecule has 1 N–H and O–H groups in total. The second kappa shape index (κ2) is 6.90. The van der Waals surface area contributed by atoms with Crippen molar-refractivity contribution in [1.82, 2.24) is 15.2 Å². The van der Waals surface area contributed by atoms with E-state index in [1.165, 1.54) is 17.3 Å². The number of nitrogens with zero attached hydrogens (tertiary/aromatic N) is 3. The smallest absolute Gasteiger partial charge is 0.237 e. The summed E-state index contributed by atoms with van der Waals surface area (Å²) in [6.07, 6.45) is 0.911. The van der Waals surface area contributed by atoms with Crippen molar-refractivity contribution in [3.8, 4) is 11.4 Å². The Balaban J connectivity index is 1.41. The molecule has 0 fully saturated rings. The molecule has 0 radical (unpaired) electrons. The molecule has 0 unspecified atom stereocenters. The Kier molecular flexibility index (Phi) is 4.46. The molecule has 25 heavy (non-hydrogen) atoms. The van der Waals surface area contributed by atoms with Crippen LogP contribution >= 0.6 is 23.4 Å². The van der Waals surface area contributed by atoms with Crippen LogP contribution in [0.15, 0.2) is 53.7 Å². The van der Waals surface area contributed by atoms with Gasteiger partial charge < -0.3 is 4.90 Å². The van der Waals surface area contributed by atoms with Crippen molar-refractivity contribution in [3.63, 3.8) is 0 Å². The van der Waals surface area contributed by atoms with Crippen LogP contribution < -0.4 is 4.90 Å². The molecule has 7 heteroatoms. The lowest BCUT2D eigenvalue weighted by Gasteiger charge is -2.16. The largest absolute Gasteiger partial charge is 0.311 e. The third-order valence-corrected chi connectivity index (χ3v) is 5.18. The average Bonchev–Trinajstić information content (AvgIpc) is 3.27. The van der Waals surface area contributed by atoms with E-state index in [1.54, 1.807) is 12.1 Å². The minimum absolute atomic E-state index is 0.0767. The number of hydrogen-bond acceptors (Lipinski definition) is 4. The first-order valence-corrected chi connectivity index (χ1v) is 9.26. The highest BCUT2D eigenvalue weighted by Crippen LogP contribution is 2.28. The molecule has 2 aromatic carbocycles. The second-order valence-electron chi connectivity index (χ2n) is 5.69. The van der Waals surface area contributed by atoms with Crippen molar-refractivity contribution in [2.24, 2.45) is 0 Å². The van der Waals surface area contributed by atoms with E-state index in [0.717, 1.165) is 24.2 Å². The molecule has 1 aliphatic heterocycles. The van der Waals surface area contributed by atoms with Gasteiger partial charge in [0.05, 0.1) is 5.75 Å². The molecular formula is C18H15ClN4OS. The quantitative estimate of drug-likeness (QED) is 0.709. The van der Waals surface area contributed by atoms with Crippen LogP contribution in [0.3, 0.4) is 0 Å². The van der Waals surface area contributed by atoms with Crippen LogP contribution in [0.5, 0.6) is 0 Å². The summed E-state index contributed by atoms with van der Waals surface area (Å²) in [5.41, 5.74) is 3.15. The van der Waals surface area contributed by atoms with Crippen LogP contribution in [0.4, 0.5) is 5.69 Å². The van der Waals surface area contributed by atoms with Crippen molar-refractivity contribution < 1.29 is 4.79 Å². The number of rotatable bonds is 4. The first kappa shape index (κ1) is 16.2. The highest BCUT2D eigenvalue weighted by molar-refractivity contribution is 7.99. The second-order valence-corrected chi connectivity index (χ2v) is 7.07. The lowest BCUT2D eigenvalue weighted by molar-refractivity contribution is -0.116. The van der Waals surface area contributed by atoms with Crippen LogP contribution in [0, 0.1) is 0 Å². The molecule has 1 aromatic heterocycles. The van der Waals surface area contributed by atoms with Gasteiger partial charge in [0, 0.05) is 22.8 Å². The average molecular weight is 371 g/mol. The Bertz CT molecular complexity index is 909. The summed E-state index contributed by atoms with van der Waals surface area (Å²) in [4.78, 5) is 18.8. The Morgan fingerprint density at radius 1 is 1.20 bits per heavy atom. The van der Waals surface area contributed by atoms with Gasteiger partial charge in [-0.05, 0) is 42.3 Å². The van der Waals surface area contributed by atoms with E-state index in [1.807, 2.05) is 35.2 Å². The Morgan fingerprint density at radius 2 is 2.00 bits per heavy atom. The number of anilines is 1. The zero-order chi connectivity index (χ0) is 17.2. The van der Waals surface area contributed by atoms with Crippen LogP contribution in [0.1, 0.15) is 5.56 Å². The fourth-order valence-corrected chi connectivity index (χ4v) is 3.65. The van der Waals surface area contributed by atoms with E-state index in [2.05, 4.69) is 21.2 Å². The van der Waals surface area contributed by atoms with Crippen LogP contribution in [-0.2, 0) is 11.2 Å². The Labute approximate surface area is 154 Å². The standard InChI is InChI=1S/C18H15ClN4OS/c19-14-7-5-13(6-8-14)17-20-18(22-21-17)25-11-16(24)23-10-9-12-3-1-2-4-15(12)23/h1-8H,9-11H2,(H,20,21,22). The third kappa shape index (κ3) is 3.41. The number of H-pyrrole nitrogens is 1. The van der Waals surface area contributed by atoms with Gasteiger partial charge in [-0.25, -0.2) is 4.98 Å². The number of thioether (sulfide) groups is 1. The number of aromatic nitrogens is 3. The van der Waals surface area contributed by atoms with Gasteiger partial charge in [-0.2, -0.15) is 0 Å². The molecule has 1 aliphatic rings. The van der Waals surface area contributed by atoms with Gasteiger partial charge in [-0.3, -0.25) is 9.89 Å². The van der Waals surface area contributed by atoms with Crippen LogP contribution in [-0.4, -0.2) is 33.4 Å². The first-order chi connectivity index (χ1) is 12.2. The number of hydrogen-bond donors (Lipinski definition) is 1. The van der Waals surface area contributed by atoms with Crippen molar-refractivity contribution in [3.05, 3.63) is 59.1 Å². The molecule has 0 bridgehead atoms. The molecule has 0 spiro atoms. The van der Waals surface area contributed by atoms with E-state index in [4.69, 9.17) is 11.6 Å². The number of amides is 1. The summed E-state index contributed by atoms with van der Waals surface area (Å²) in [5, 5.41) is 8.32. The zero-order valence-corrected chi connectivity index (χ0v) is 14.8. The number of carbonyl (C=O) groups is 1. The Morgan fingerprint density at radius 3 is 2.84 bits per heavy atom. The Hall–Kier alpha value is -2.31. The maximum absolute atomic E-state index is 12.5. The number of para-hydroxylation sites is 1. The minimum Gasteiger partial charge on any atom is -0.311 e. The van der Waals surface area contributed by atoms with Gasteiger partial charge in [0.2, 0.25) is 11.1 Å². The maximum Gasteiger partial charge on any atom is 0.237 e. The molecule has 126 valence electrons. The van der Waals surface area contributed by atoms with Gasteiger partial charge in [0.1, 0.15) is 0 Å². The molecule has 1 amide bonds. The number of halogens is 1. The molecule has 3 aromatic rings. The topological polar surface area (TPSA) is 61.9 Å². The predicted molar refractivity (Wildman–Crippen MR) is 100 cm³/mol. The predicted octanol–water partition coefficient (Wildman–Crippen LogP) is 3.81. The lowest BCUT2D eigenvalue weighted by atomic mass is 10.2. The summed E-state index contributed by atoms with van der Waals surface area (Å²) in [5.74, 6) is 1.05. The van der Waals surface area contributed by atoms with E-state index < -0.39 is 0 Å². The SMILES string of the molecule is O=C(CSc1n[nH]c(-c2ccc(Cl)cc2)n1)N1CCc2ccccc21. The molecule has 0 aliphatic carbocycles. The van der Waals surface area contributed by atoms with Crippen LogP contribution in [0.2, 0.25) is 5.02 Å². The monoisotopic (exact) mass is 370 g/mol. The number of nitrogens with one attached hydrogen (secondary N) is 1. The zero-order valence-electron chi connectivity index (χ0n) is 13.3. The fraction of sp³-hybridized carbons (Fsp3) is 0.167. The normalized spacial score (nSPS) is 13.1. The van der Waals surface area contributed by atoms with Crippen molar-refractivity contribution in [2.45, 2.75) is 11.6 Å². The number of carbonyl (C=O) groups excluding carboxylic acids is 1. The van der Waals surface area contributed by atoms with E-state index >= 15 is 0 Å². The van der Waals surface area contributed by atoms with Crippen molar-refractivity contribution in [2.75, 3.05) is 17.2 Å². The summed E-state index contributed by atoms with van der Waals surface area (Å²) >= 11 is 7.23. The molecular weight excluding hydrogens is 356 g/mol. The summed E-state index contributed by atoms with van der Waals surface area (Å²) in [6.45, 7) is 0.739. The van der Waals surface area contributed by atoms with E-state index in [0.29, 0.717) is 21.8 Å². The van der Waals surface area contributed by atoms with Crippen molar-refractivity contribution >= 4 is 35.0 Å². The fourth-order valence-electron chi connectivity index (χ4n) is 2.85. The van der Waals surface area contributed by atoms with Crippen LogP contribution in [0.25, 0.3) is 11.4 Å². The number of fused-ring (bicyclic) bond motifs is 1.